The van der Waals surface area contributed by atoms with E-state index < -0.39 is 5.82 Å². The molecule has 0 unspecified atom stereocenters. The number of nitrogens with two attached hydrogens (primary N) is 1. The number of pyridine rings is 2. The first-order valence-corrected chi connectivity index (χ1v) is 11.1. The summed E-state index contributed by atoms with van der Waals surface area (Å²) < 4.78 is 16.7. The Morgan fingerprint density at radius 2 is 2.09 bits per heavy atom. The Kier molecular flexibility index (Phi) is 5.49. The highest BCUT2D eigenvalue weighted by atomic mass is 19.1. The van der Waals surface area contributed by atoms with Crippen molar-refractivity contribution in [3.05, 3.63) is 66.1 Å². The fraction of sp³-hybridized carbons (Fsp3) is 0.280. The van der Waals surface area contributed by atoms with Gasteiger partial charge in [0.05, 0.1) is 25.0 Å². The van der Waals surface area contributed by atoms with Crippen molar-refractivity contribution in [2.24, 2.45) is 11.8 Å². The number of halogens is 1. The molecule has 3 heterocycles. The van der Waals surface area contributed by atoms with Crippen molar-refractivity contribution < 1.29 is 14.3 Å². The zero-order valence-corrected chi connectivity index (χ0v) is 18.9. The minimum absolute atomic E-state index is 0.00929. The highest BCUT2D eigenvalue weighted by Gasteiger charge is 2.53. The number of nitrogens with one attached hydrogen (secondary N) is 1. The molecule has 1 amide bonds. The molecular weight excluding hydrogens is 435 g/mol. The van der Waals surface area contributed by atoms with Gasteiger partial charge in [-0.25, -0.2) is 9.37 Å². The Labute approximate surface area is 195 Å². The van der Waals surface area contributed by atoms with Crippen LogP contribution in [-0.4, -0.2) is 37.4 Å². The number of aliphatic hydroxyl groups excluding tert-OH is 1. The number of aryl methyl sites for hydroxylation is 1. The van der Waals surface area contributed by atoms with Gasteiger partial charge in [0, 0.05) is 53.1 Å². The molecule has 0 aliphatic heterocycles. The smallest absolute Gasteiger partial charge is 0.229 e. The molecule has 0 bridgehead atoms. The van der Waals surface area contributed by atoms with E-state index in [1.807, 2.05) is 26.1 Å². The molecule has 4 aromatic rings. The molecule has 0 spiro atoms. The number of carbonyl (C=O) groups excluding carboxylic acids is 1. The highest BCUT2D eigenvalue weighted by molar-refractivity contribution is 6.00. The van der Waals surface area contributed by atoms with Gasteiger partial charge in [-0.15, -0.1) is 0 Å². The molecule has 4 N–H and O–H groups in total. The predicted molar refractivity (Wildman–Crippen MR) is 127 cm³/mol. The first-order valence-electron chi connectivity index (χ1n) is 11.1. The van der Waals surface area contributed by atoms with E-state index in [-0.39, 0.29) is 36.0 Å². The minimum atomic E-state index is -0.515. The minimum Gasteiger partial charge on any atom is -0.396 e. The Morgan fingerprint density at radius 1 is 1.26 bits per heavy atom. The zero-order valence-electron chi connectivity index (χ0n) is 18.9. The molecule has 1 aromatic carbocycles. The van der Waals surface area contributed by atoms with Crippen molar-refractivity contribution in [3.8, 4) is 11.1 Å². The third kappa shape index (κ3) is 3.77. The third-order valence-corrected chi connectivity index (χ3v) is 6.63. The Bertz CT molecular complexity index is 1400. The van der Waals surface area contributed by atoms with Crippen LogP contribution in [0.3, 0.4) is 0 Å². The van der Waals surface area contributed by atoms with Crippen molar-refractivity contribution >= 4 is 28.2 Å². The summed E-state index contributed by atoms with van der Waals surface area (Å²) in [5.74, 6) is -0.228. The van der Waals surface area contributed by atoms with Gasteiger partial charge in [-0.05, 0) is 47.6 Å². The van der Waals surface area contributed by atoms with Crippen molar-refractivity contribution in [3.63, 3.8) is 0 Å². The van der Waals surface area contributed by atoms with Crippen molar-refractivity contribution in [1.29, 1.82) is 0 Å². The second kappa shape index (κ2) is 8.49. The second-order valence-corrected chi connectivity index (χ2v) is 8.79. The molecule has 0 saturated heterocycles. The van der Waals surface area contributed by atoms with Crippen LogP contribution in [0.25, 0.3) is 21.9 Å². The lowest BCUT2D eigenvalue weighted by Crippen LogP contribution is -2.16. The maximum absolute atomic E-state index is 15.0. The van der Waals surface area contributed by atoms with E-state index >= 15 is 4.39 Å². The molecule has 1 saturated carbocycles. The van der Waals surface area contributed by atoms with Gasteiger partial charge in [0.2, 0.25) is 5.91 Å². The van der Waals surface area contributed by atoms with Gasteiger partial charge in [-0.1, -0.05) is 6.92 Å². The van der Waals surface area contributed by atoms with Gasteiger partial charge in [-0.3, -0.25) is 14.5 Å². The number of nitrogens with zero attached hydrogens (tertiary/aromatic N) is 4. The summed E-state index contributed by atoms with van der Waals surface area (Å²) in [7, 11) is 0. The largest absolute Gasteiger partial charge is 0.396 e. The lowest BCUT2D eigenvalue weighted by molar-refractivity contribution is -0.117. The quantitative estimate of drug-likeness (QED) is 0.379. The Morgan fingerprint density at radius 3 is 2.85 bits per heavy atom. The molecule has 5 rings (SSSR count). The van der Waals surface area contributed by atoms with E-state index in [9.17, 15) is 4.79 Å². The van der Waals surface area contributed by atoms with E-state index in [1.54, 1.807) is 35.4 Å². The van der Waals surface area contributed by atoms with Crippen molar-refractivity contribution in [2.75, 3.05) is 17.7 Å². The topological polar surface area (TPSA) is 119 Å². The summed E-state index contributed by atoms with van der Waals surface area (Å²) in [5, 5.41) is 17.4. The predicted octanol–water partition coefficient (Wildman–Crippen LogP) is 3.50. The van der Waals surface area contributed by atoms with E-state index in [4.69, 9.17) is 10.8 Å². The molecule has 0 radical (unpaired) electrons. The number of aliphatic hydroxyl groups is 1. The second-order valence-electron chi connectivity index (χ2n) is 8.79. The number of carbonyl (C=O) groups is 1. The Balaban J connectivity index is 1.40. The average molecular weight is 461 g/mol. The van der Waals surface area contributed by atoms with E-state index in [1.165, 1.54) is 6.20 Å². The van der Waals surface area contributed by atoms with Gasteiger partial charge in [0.1, 0.15) is 5.82 Å². The molecule has 174 valence electrons. The number of anilines is 2. The van der Waals surface area contributed by atoms with Crippen LogP contribution in [0.1, 0.15) is 24.0 Å². The summed E-state index contributed by atoms with van der Waals surface area (Å²) in [5.41, 5.74) is 8.98. The molecule has 1 aliphatic rings. The number of aromatic nitrogens is 4. The van der Waals surface area contributed by atoms with Crippen LogP contribution in [0.5, 0.6) is 0 Å². The van der Waals surface area contributed by atoms with Gasteiger partial charge < -0.3 is 16.2 Å². The van der Waals surface area contributed by atoms with Crippen LogP contribution in [0.2, 0.25) is 0 Å². The summed E-state index contributed by atoms with van der Waals surface area (Å²) in [4.78, 5) is 21.4. The van der Waals surface area contributed by atoms with Gasteiger partial charge in [0.25, 0.3) is 0 Å². The molecule has 1 aliphatic carbocycles. The molecule has 34 heavy (non-hydrogen) atoms. The summed E-state index contributed by atoms with van der Waals surface area (Å²) >= 11 is 0. The third-order valence-electron chi connectivity index (χ3n) is 6.63. The van der Waals surface area contributed by atoms with Crippen LogP contribution >= 0.6 is 0 Å². The zero-order chi connectivity index (χ0) is 24.0. The first kappa shape index (κ1) is 22.0. The molecule has 1 fully saturated rings. The van der Waals surface area contributed by atoms with Crippen LogP contribution in [0.15, 0.2) is 49.2 Å². The first-order chi connectivity index (χ1) is 16.4. The van der Waals surface area contributed by atoms with E-state index in [2.05, 4.69) is 20.4 Å². The molecular formula is C25H25FN6O2. The van der Waals surface area contributed by atoms with E-state index in [0.717, 1.165) is 11.1 Å². The average Bonchev–Trinajstić information content (AvgIpc) is 3.27. The molecule has 8 nitrogen and oxygen atoms in total. The number of hydrogen-bond donors (Lipinski definition) is 3. The number of nitrogen functional groups attached to an aromatic ring is 1. The lowest BCUT2D eigenvalue weighted by atomic mass is 9.98. The number of amides is 1. The summed E-state index contributed by atoms with van der Waals surface area (Å²) in [6.45, 7) is 4.34. The van der Waals surface area contributed by atoms with Crippen LogP contribution in [-0.2, 0) is 11.3 Å². The number of hydrogen-bond acceptors (Lipinski definition) is 6. The van der Waals surface area contributed by atoms with E-state index in [0.29, 0.717) is 34.3 Å². The molecule has 3 atom stereocenters. The lowest BCUT2D eigenvalue weighted by Gasteiger charge is -2.12. The van der Waals surface area contributed by atoms with Crippen molar-refractivity contribution in [2.45, 2.75) is 26.3 Å². The fourth-order valence-electron chi connectivity index (χ4n) is 4.67. The number of benzene rings is 1. The Hall–Kier alpha value is -3.85. The summed E-state index contributed by atoms with van der Waals surface area (Å²) in [6.07, 6.45) is 8.37. The van der Waals surface area contributed by atoms with Crippen LogP contribution in [0.4, 0.5) is 15.9 Å². The standard InChI is InChI=1S/C25H25FN6O2/c1-13-3-4-28-10-18(13)17-7-15-8-20(29-11-19(15)24(27)23(17)26)31-25(34)22-14(2)21(22)16-9-30-32(12-16)5-6-33/h3-4,7-12,14,21-22,33H,5-6,27H2,1-2H3,(H,29,31,34)/t14-,21-,22+/m1/s1. The maximum atomic E-state index is 15.0. The van der Waals surface area contributed by atoms with Crippen LogP contribution in [0, 0.1) is 24.6 Å². The van der Waals surface area contributed by atoms with Gasteiger partial charge in [-0.2, -0.15) is 5.10 Å². The fourth-order valence-corrected chi connectivity index (χ4v) is 4.67. The monoisotopic (exact) mass is 460 g/mol. The normalized spacial score (nSPS) is 19.4. The van der Waals surface area contributed by atoms with Gasteiger partial charge in [0.15, 0.2) is 5.82 Å². The summed E-state index contributed by atoms with van der Waals surface area (Å²) in [6, 6.07) is 5.23. The van der Waals surface area contributed by atoms with Gasteiger partial charge >= 0.3 is 0 Å². The number of rotatable bonds is 6. The van der Waals surface area contributed by atoms with Crippen LogP contribution < -0.4 is 11.1 Å². The maximum Gasteiger partial charge on any atom is 0.229 e. The SMILES string of the molecule is Cc1ccncc1-c1cc2cc(NC(=O)[C@H]3[C@H](C)[C@@H]3c3cnn(CCO)c3)ncc2c(N)c1F. The molecule has 3 aromatic heterocycles. The van der Waals surface area contributed by atoms with Crippen molar-refractivity contribution in [1.82, 2.24) is 19.7 Å². The highest BCUT2D eigenvalue weighted by Crippen LogP contribution is 2.54. The number of fused-ring (bicyclic) bond motifs is 1. The molecule has 9 heteroatoms.